The second-order valence-electron chi connectivity index (χ2n) is 21.6. The number of aliphatic hydroxyl groups is 4. The number of ether oxygens (including phenoxy) is 10. The van der Waals surface area contributed by atoms with Crippen molar-refractivity contribution >= 4 is 35.1 Å². The standard InChI is InChI=1S/C32H39ClO8.C26H31ClO8/c1-6-28-19(2)29(38-20(3)34)30(39-21(4)35)32(36-5,41-28)24-9-12-27(33)23(14-24)13-22-7-10-25(11-8-22)40-26-15-31(16-26)17-37-18-31;1-32-26(24(31)23(30)22(29)21(12-28)35-26)17-4-7-20(27)16(9-17)8-15-2-5-18(6-3-15)34-19-10-25(11-19)13-33-14-25/h7-12,14,19,26,28-30H,6,13,15-18H2,1-5H3;2-7,9,19,21-24,28-31H,8,10-14H2,1H3/t19-,28-,29+,30-,32?;21-,22-,23+,24-,26?/m11/s1. The van der Waals surface area contributed by atoms with Crippen molar-refractivity contribution < 1.29 is 77.4 Å². The zero-order valence-electron chi connectivity index (χ0n) is 43.8. The molecule has 18 heteroatoms. The molecule has 0 bridgehead atoms. The number of carbonyl (C=O) groups excluding carboxylic acids is 2. The third-order valence-corrected chi connectivity index (χ3v) is 16.8. The van der Waals surface area contributed by atoms with Crippen LogP contribution in [0, 0.1) is 16.7 Å². The van der Waals surface area contributed by atoms with Gasteiger partial charge in [-0.3, -0.25) is 9.59 Å². The van der Waals surface area contributed by atoms with E-state index in [1.54, 1.807) is 30.3 Å². The first kappa shape index (κ1) is 56.3. The molecule has 6 aliphatic rings. The largest absolute Gasteiger partial charge is 0.490 e. The number of halogens is 2. The van der Waals surface area contributed by atoms with Crippen molar-refractivity contribution in [1.82, 2.24) is 0 Å². The summed E-state index contributed by atoms with van der Waals surface area (Å²) in [5.74, 6) is -2.86. The first-order chi connectivity index (χ1) is 36.4. The predicted molar refractivity (Wildman–Crippen MR) is 278 cm³/mol. The molecule has 6 fully saturated rings. The normalized spacial score (nSPS) is 31.1. The molecular formula is C58H70Cl2O16. The number of benzene rings is 4. The van der Waals surface area contributed by atoms with E-state index in [1.165, 1.54) is 28.1 Å². The lowest BCUT2D eigenvalue weighted by Crippen LogP contribution is -2.64. The third kappa shape index (κ3) is 11.4. The van der Waals surface area contributed by atoms with Gasteiger partial charge in [0.1, 0.15) is 54.2 Å². The van der Waals surface area contributed by atoms with Crippen molar-refractivity contribution in [3.05, 3.63) is 128 Å². The van der Waals surface area contributed by atoms with E-state index in [4.69, 9.17) is 70.6 Å². The fraction of sp³-hybridized carbons (Fsp3) is 0.552. The van der Waals surface area contributed by atoms with E-state index >= 15 is 0 Å². The lowest BCUT2D eigenvalue weighted by Gasteiger charge is -2.52. The molecule has 2 spiro atoms. The van der Waals surface area contributed by atoms with Crippen LogP contribution in [-0.2, 0) is 71.9 Å². The summed E-state index contributed by atoms with van der Waals surface area (Å²) in [6.07, 6.45) is -1.55. The second kappa shape index (κ2) is 23.1. The number of methoxy groups -OCH3 is 2. The minimum atomic E-state index is -1.78. The Bertz CT molecular complexity index is 2640. The topological polar surface area (TPSA) is 207 Å². The molecule has 0 amide bonds. The maximum absolute atomic E-state index is 12.3. The van der Waals surface area contributed by atoms with E-state index < -0.39 is 66.7 Å². The van der Waals surface area contributed by atoms with Crippen LogP contribution in [0.4, 0.5) is 0 Å². The highest BCUT2D eigenvalue weighted by atomic mass is 35.5. The summed E-state index contributed by atoms with van der Waals surface area (Å²) in [7, 11) is 2.83. The Labute approximate surface area is 453 Å². The Morgan fingerprint density at radius 3 is 1.47 bits per heavy atom. The van der Waals surface area contributed by atoms with Gasteiger partial charge in [0.25, 0.3) is 0 Å². The molecule has 4 N–H and O–H groups in total. The molecule has 0 radical (unpaired) electrons. The maximum atomic E-state index is 12.3. The van der Waals surface area contributed by atoms with Crippen LogP contribution in [0.25, 0.3) is 0 Å². The molecule has 4 aliphatic heterocycles. The highest BCUT2D eigenvalue weighted by molar-refractivity contribution is 6.31. The van der Waals surface area contributed by atoms with Gasteiger partial charge < -0.3 is 67.8 Å². The highest BCUT2D eigenvalue weighted by Crippen LogP contribution is 2.50. The van der Waals surface area contributed by atoms with Gasteiger partial charge in [0.15, 0.2) is 6.10 Å². The van der Waals surface area contributed by atoms with Crippen LogP contribution < -0.4 is 9.47 Å². The van der Waals surface area contributed by atoms with Gasteiger partial charge in [-0.15, -0.1) is 0 Å². The SMILES string of the molecule is CC[C@H]1OC(OC)(c2ccc(Cl)c(Cc3ccc(OC4CC5(COC5)C4)cc3)c2)[C@H](OC(C)=O)[C@@H](OC(C)=O)[C@@H]1C.COC1(c2ccc(Cl)c(Cc3ccc(OC4CC5(COC5)C4)cc3)c2)O[C@H](CO)[C@@H](O)[C@H](O)[C@H]1O. The molecule has 4 aromatic carbocycles. The third-order valence-electron chi connectivity index (χ3n) is 16.1. The smallest absolute Gasteiger partial charge is 0.303 e. The molecular weight excluding hydrogens is 1020 g/mol. The fourth-order valence-electron chi connectivity index (χ4n) is 11.7. The van der Waals surface area contributed by atoms with E-state index in [1.807, 2.05) is 68.4 Å². The van der Waals surface area contributed by atoms with Crippen molar-refractivity contribution in [2.24, 2.45) is 16.7 Å². The van der Waals surface area contributed by atoms with Crippen molar-refractivity contribution in [2.75, 3.05) is 47.3 Å². The molecule has 2 aliphatic carbocycles. The van der Waals surface area contributed by atoms with Gasteiger partial charge in [0, 0.05) is 66.0 Å². The molecule has 4 heterocycles. The van der Waals surface area contributed by atoms with Crippen LogP contribution in [-0.4, -0.2) is 135 Å². The van der Waals surface area contributed by atoms with Gasteiger partial charge in [-0.1, -0.05) is 73.4 Å². The quantitative estimate of drug-likeness (QED) is 0.0809. The van der Waals surface area contributed by atoms with Crippen LogP contribution in [0.15, 0.2) is 84.9 Å². The molecule has 10 rings (SSSR count). The lowest BCUT2D eigenvalue weighted by atomic mass is 9.65. The Kier molecular flexibility index (Phi) is 17.1. The summed E-state index contributed by atoms with van der Waals surface area (Å²) in [4.78, 5) is 24.3. The maximum Gasteiger partial charge on any atom is 0.303 e. The van der Waals surface area contributed by atoms with E-state index in [9.17, 15) is 30.0 Å². The van der Waals surface area contributed by atoms with E-state index in [-0.39, 0.29) is 24.2 Å². The zero-order valence-corrected chi connectivity index (χ0v) is 45.3. The monoisotopic (exact) mass is 1090 g/mol. The van der Waals surface area contributed by atoms with Crippen molar-refractivity contribution in [2.45, 2.75) is 139 Å². The molecule has 0 aromatic heterocycles. The van der Waals surface area contributed by atoms with Crippen LogP contribution in [0.2, 0.25) is 10.0 Å². The van der Waals surface area contributed by atoms with Crippen LogP contribution in [0.1, 0.15) is 93.2 Å². The van der Waals surface area contributed by atoms with Gasteiger partial charge in [0.2, 0.25) is 11.6 Å². The van der Waals surface area contributed by atoms with Crippen molar-refractivity contribution in [3.63, 3.8) is 0 Å². The molecule has 412 valence electrons. The number of carbonyl (C=O) groups is 2. The van der Waals surface area contributed by atoms with Crippen LogP contribution in [0.5, 0.6) is 11.5 Å². The molecule has 2 saturated carbocycles. The molecule has 4 saturated heterocycles. The molecule has 16 nitrogen and oxygen atoms in total. The average Bonchev–Trinajstić information content (AvgIpc) is 3.39. The average molecular weight is 1090 g/mol. The Hall–Kier alpha value is -4.40. The lowest BCUT2D eigenvalue weighted by molar-refractivity contribution is -0.366. The molecule has 10 atom stereocenters. The summed E-state index contributed by atoms with van der Waals surface area (Å²) in [5.41, 5.74) is 5.41. The second-order valence-corrected chi connectivity index (χ2v) is 22.4. The van der Waals surface area contributed by atoms with Gasteiger partial charge >= 0.3 is 11.9 Å². The summed E-state index contributed by atoms with van der Waals surface area (Å²) < 4.78 is 58.4. The number of hydrogen-bond acceptors (Lipinski definition) is 16. The van der Waals surface area contributed by atoms with E-state index in [0.717, 1.165) is 85.9 Å². The Morgan fingerprint density at radius 1 is 0.632 bits per heavy atom. The van der Waals surface area contributed by atoms with Crippen LogP contribution >= 0.6 is 23.2 Å². The molecule has 2 unspecified atom stereocenters. The summed E-state index contributed by atoms with van der Waals surface area (Å²) in [5, 5.41) is 42.0. The van der Waals surface area contributed by atoms with Gasteiger partial charge in [-0.05, 0) is 116 Å². The van der Waals surface area contributed by atoms with Crippen LogP contribution in [0.3, 0.4) is 0 Å². The van der Waals surface area contributed by atoms with Gasteiger partial charge in [-0.2, -0.15) is 0 Å². The Balaban J connectivity index is 0.000000188. The number of rotatable bonds is 16. The number of hydrogen-bond donors (Lipinski definition) is 4. The molecule has 76 heavy (non-hydrogen) atoms. The van der Waals surface area contributed by atoms with E-state index in [2.05, 4.69) is 0 Å². The molecule has 4 aromatic rings. The van der Waals surface area contributed by atoms with Crippen molar-refractivity contribution in [1.29, 1.82) is 0 Å². The van der Waals surface area contributed by atoms with Gasteiger partial charge in [-0.25, -0.2) is 0 Å². The number of aliphatic hydroxyl groups excluding tert-OH is 4. The first-order valence-electron chi connectivity index (χ1n) is 26.1. The van der Waals surface area contributed by atoms with E-state index in [0.29, 0.717) is 51.3 Å². The minimum Gasteiger partial charge on any atom is -0.490 e. The fourth-order valence-corrected chi connectivity index (χ4v) is 12.1. The van der Waals surface area contributed by atoms with Gasteiger partial charge in [0.05, 0.1) is 39.1 Å². The minimum absolute atomic E-state index is 0.236. The predicted octanol–water partition coefficient (Wildman–Crippen LogP) is 7.36. The zero-order chi connectivity index (χ0) is 54.2. The summed E-state index contributed by atoms with van der Waals surface area (Å²) in [6.45, 7) is 9.40. The summed E-state index contributed by atoms with van der Waals surface area (Å²) in [6, 6.07) is 26.5. The van der Waals surface area contributed by atoms with Crippen molar-refractivity contribution in [3.8, 4) is 11.5 Å². The first-order valence-corrected chi connectivity index (χ1v) is 26.8. The number of esters is 2. The Morgan fingerprint density at radius 2 is 1.08 bits per heavy atom. The summed E-state index contributed by atoms with van der Waals surface area (Å²) >= 11 is 13.2. The highest BCUT2D eigenvalue weighted by Gasteiger charge is 2.59.